The Morgan fingerprint density at radius 1 is 1.21 bits per heavy atom. The van der Waals surface area contributed by atoms with Gasteiger partial charge in [-0.05, 0) is 19.4 Å². The van der Waals surface area contributed by atoms with Crippen molar-refractivity contribution < 1.29 is 14.3 Å². The van der Waals surface area contributed by atoms with Gasteiger partial charge in [0.25, 0.3) is 0 Å². The fourth-order valence-corrected chi connectivity index (χ4v) is 0.881. The van der Waals surface area contributed by atoms with Gasteiger partial charge in [-0.3, -0.25) is 4.79 Å². The van der Waals surface area contributed by atoms with Gasteiger partial charge in [-0.15, -0.1) is 0 Å². The molecule has 0 unspecified atom stereocenters. The predicted octanol–water partition coefficient (Wildman–Crippen LogP) is 1.09. The Labute approximate surface area is 85.8 Å². The highest BCUT2D eigenvalue weighted by Crippen LogP contribution is 1.92. The van der Waals surface area contributed by atoms with Crippen LogP contribution < -0.4 is 5.73 Å². The molecule has 0 heterocycles. The minimum atomic E-state index is -0.186. The summed E-state index contributed by atoms with van der Waals surface area (Å²) >= 11 is 0. The number of nitrogens with two attached hydrogens (primary N) is 1. The largest absolute Gasteiger partial charge is 0.463 e. The average molecular weight is 203 g/mol. The molecular weight excluding hydrogens is 182 g/mol. The number of esters is 1. The van der Waals surface area contributed by atoms with Crippen LogP contribution in [-0.2, 0) is 14.3 Å². The fourth-order valence-electron chi connectivity index (χ4n) is 0.881. The van der Waals surface area contributed by atoms with Crippen molar-refractivity contribution in [3.8, 4) is 0 Å². The second kappa shape index (κ2) is 10.5. The smallest absolute Gasteiger partial charge is 0.305 e. The van der Waals surface area contributed by atoms with E-state index in [1.165, 1.54) is 0 Å². The van der Waals surface area contributed by atoms with Crippen LogP contribution in [0.3, 0.4) is 0 Å². The molecule has 0 saturated heterocycles. The third-order valence-electron chi connectivity index (χ3n) is 1.72. The lowest BCUT2D eigenvalue weighted by Crippen LogP contribution is -2.12. The number of ether oxygens (including phenoxy) is 2. The van der Waals surface area contributed by atoms with Gasteiger partial charge in [-0.25, -0.2) is 0 Å². The molecule has 0 atom stereocenters. The number of hydrogen-bond donors (Lipinski definition) is 1. The van der Waals surface area contributed by atoms with Crippen LogP contribution in [0, 0.1) is 0 Å². The van der Waals surface area contributed by atoms with Gasteiger partial charge < -0.3 is 15.2 Å². The lowest BCUT2D eigenvalue weighted by molar-refractivity contribution is -0.145. The maximum atomic E-state index is 11.0. The first-order chi connectivity index (χ1) is 6.81. The first-order valence-electron chi connectivity index (χ1n) is 5.24. The Balaban J connectivity index is 3.07. The molecule has 14 heavy (non-hydrogen) atoms. The molecule has 0 saturated carbocycles. The molecule has 0 aromatic heterocycles. The molecule has 0 rings (SSSR count). The van der Waals surface area contributed by atoms with Crippen LogP contribution in [0.15, 0.2) is 0 Å². The lowest BCUT2D eigenvalue weighted by atomic mass is 10.3. The molecule has 0 aromatic carbocycles. The maximum Gasteiger partial charge on any atom is 0.305 e. The Kier molecular flexibility index (Phi) is 10.0. The lowest BCUT2D eigenvalue weighted by Gasteiger charge is -2.05. The molecule has 2 N–H and O–H groups in total. The molecule has 0 spiro atoms. The molecule has 4 heteroatoms. The van der Waals surface area contributed by atoms with Gasteiger partial charge in [-0.2, -0.15) is 0 Å². The summed E-state index contributed by atoms with van der Waals surface area (Å²) in [6.45, 7) is 4.23. The second-order valence-corrected chi connectivity index (χ2v) is 3.08. The minimum Gasteiger partial charge on any atom is -0.463 e. The molecule has 0 aliphatic heterocycles. The minimum absolute atomic E-state index is 0.186. The number of carbonyl (C=O) groups is 1. The van der Waals surface area contributed by atoms with Crippen LogP contribution in [0.4, 0.5) is 0 Å². The zero-order chi connectivity index (χ0) is 10.6. The van der Waals surface area contributed by atoms with E-state index in [1.54, 1.807) is 0 Å². The number of rotatable bonds is 9. The number of unbranched alkanes of at least 4 members (excludes halogenated alkanes) is 1. The molecule has 4 nitrogen and oxygen atoms in total. The third kappa shape index (κ3) is 9.48. The van der Waals surface area contributed by atoms with Crippen LogP contribution in [0.25, 0.3) is 0 Å². The summed E-state index contributed by atoms with van der Waals surface area (Å²) in [5.74, 6) is -0.186. The summed E-state index contributed by atoms with van der Waals surface area (Å²) in [6, 6.07) is 0. The average Bonchev–Trinajstić information content (AvgIpc) is 2.20. The quantitative estimate of drug-likeness (QED) is 0.450. The topological polar surface area (TPSA) is 61.5 Å². The van der Waals surface area contributed by atoms with Crippen LogP contribution in [0.5, 0.6) is 0 Å². The monoisotopic (exact) mass is 203 g/mol. The second-order valence-electron chi connectivity index (χ2n) is 3.08. The van der Waals surface area contributed by atoms with E-state index in [2.05, 4.69) is 6.92 Å². The maximum absolute atomic E-state index is 11.0. The number of hydrogen-bond acceptors (Lipinski definition) is 4. The van der Waals surface area contributed by atoms with Gasteiger partial charge in [0.05, 0.1) is 6.61 Å². The van der Waals surface area contributed by atoms with E-state index < -0.39 is 0 Å². The molecule has 0 radical (unpaired) electrons. The van der Waals surface area contributed by atoms with Crippen LogP contribution in [0.2, 0.25) is 0 Å². The SMILES string of the molecule is CCCCOCCOC(=O)CCCN. The first kappa shape index (κ1) is 13.4. The summed E-state index contributed by atoms with van der Waals surface area (Å²) in [7, 11) is 0. The summed E-state index contributed by atoms with van der Waals surface area (Å²) < 4.78 is 10.1. The van der Waals surface area contributed by atoms with Crippen LogP contribution >= 0.6 is 0 Å². The normalized spacial score (nSPS) is 10.1. The van der Waals surface area contributed by atoms with Crippen molar-refractivity contribution in [2.45, 2.75) is 32.6 Å². The van der Waals surface area contributed by atoms with Crippen molar-refractivity contribution in [3.63, 3.8) is 0 Å². The van der Waals surface area contributed by atoms with Crippen LogP contribution in [0.1, 0.15) is 32.6 Å². The van der Waals surface area contributed by atoms with Crippen molar-refractivity contribution in [2.24, 2.45) is 5.73 Å². The van der Waals surface area contributed by atoms with E-state index in [4.69, 9.17) is 15.2 Å². The van der Waals surface area contributed by atoms with Crippen molar-refractivity contribution in [2.75, 3.05) is 26.4 Å². The molecule has 0 aliphatic carbocycles. The van der Waals surface area contributed by atoms with Gasteiger partial charge >= 0.3 is 5.97 Å². The van der Waals surface area contributed by atoms with E-state index >= 15 is 0 Å². The Bertz CT molecular complexity index is 139. The van der Waals surface area contributed by atoms with E-state index in [0.717, 1.165) is 19.4 Å². The molecule has 0 amide bonds. The van der Waals surface area contributed by atoms with Crippen molar-refractivity contribution in [1.29, 1.82) is 0 Å². The Morgan fingerprint density at radius 2 is 2.00 bits per heavy atom. The van der Waals surface area contributed by atoms with Crippen molar-refractivity contribution >= 4 is 5.97 Å². The molecule has 0 bridgehead atoms. The van der Waals surface area contributed by atoms with E-state index in [-0.39, 0.29) is 5.97 Å². The third-order valence-corrected chi connectivity index (χ3v) is 1.72. The zero-order valence-electron chi connectivity index (χ0n) is 8.96. The van der Waals surface area contributed by atoms with Crippen molar-refractivity contribution in [1.82, 2.24) is 0 Å². The summed E-state index contributed by atoms with van der Waals surface area (Å²) in [5.41, 5.74) is 5.25. The molecule has 0 aromatic rings. The molecule has 0 aliphatic rings. The van der Waals surface area contributed by atoms with E-state index in [1.807, 2.05) is 0 Å². The Hall–Kier alpha value is -0.610. The van der Waals surface area contributed by atoms with E-state index in [0.29, 0.717) is 32.6 Å². The van der Waals surface area contributed by atoms with Crippen molar-refractivity contribution in [3.05, 3.63) is 0 Å². The zero-order valence-corrected chi connectivity index (χ0v) is 8.96. The summed E-state index contributed by atoms with van der Waals surface area (Å²) in [5, 5.41) is 0. The van der Waals surface area contributed by atoms with Gasteiger partial charge in [0, 0.05) is 13.0 Å². The number of carbonyl (C=O) groups excluding carboxylic acids is 1. The predicted molar refractivity (Wildman–Crippen MR) is 55.0 cm³/mol. The first-order valence-corrected chi connectivity index (χ1v) is 5.24. The van der Waals surface area contributed by atoms with E-state index in [9.17, 15) is 4.79 Å². The molecular formula is C10H21NO3. The van der Waals surface area contributed by atoms with Gasteiger partial charge in [0.1, 0.15) is 6.61 Å². The highest BCUT2D eigenvalue weighted by Gasteiger charge is 2.00. The van der Waals surface area contributed by atoms with Gasteiger partial charge in [0.15, 0.2) is 0 Å². The fraction of sp³-hybridized carbons (Fsp3) is 0.900. The molecule has 0 fully saturated rings. The Morgan fingerprint density at radius 3 is 2.64 bits per heavy atom. The van der Waals surface area contributed by atoms with Crippen LogP contribution in [-0.4, -0.2) is 32.3 Å². The van der Waals surface area contributed by atoms with Gasteiger partial charge in [-0.1, -0.05) is 13.3 Å². The standard InChI is InChI=1S/C10H21NO3/c1-2-3-7-13-8-9-14-10(12)5-4-6-11/h2-9,11H2,1H3. The summed E-state index contributed by atoms with van der Waals surface area (Å²) in [4.78, 5) is 11.0. The summed E-state index contributed by atoms with van der Waals surface area (Å²) in [6.07, 6.45) is 3.28. The highest BCUT2D eigenvalue weighted by atomic mass is 16.6. The van der Waals surface area contributed by atoms with Gasteiger partial charge in [0.2, 0.25) is 0 Å². The molecule has 84 valence electrons. The highest BCUT2D eigenvalue weighted by molar-refractivity contribution is 5.69.